The van der Waals surface area contributed by atoms with E-state index in [4.69, 9.17) is 0 Å². The third-order valence-electron chi connectivity index (χ3n) is 4.87. The van der Waals surface area contributed by atoms with Crippen molar-refractivity contribution in [3.63, 3.8) is 0 Å². The predicted molar refractivity (Wildman–Crippen MR) is 93.5 cm³/mol. The first kappa shape index (κ1) is 16.2. The van der Waals surface area contributed by atoms with Gasteiger partial charge in [0.05, 0.1) is 10.9 Å². The average Bonchev–Trinajstić information content (AvgIpc) is 3.12. The monoisotopic (exact) mass is 357 g/mol. The zero-order valence-corrected chi connectivity index (χ0v) is 14.5. The molecular formula is C18H19N3O3S. The summed E-state index contributed by atoms with van der Waals surface area (Å²) in [6, 6.07) is 8.58. The summed E-state index contributed by atoms with van der Waals surface area (Å²) in [4.78, 5) is 15.8. The minimum Gasteiger partial charge on any atom is -0.326 e. The quantitative estimate of drug-likeness (QED) is 0.915. The van der Waals surface area contributed by atoms with E-state index in [1.165, 1.54) is 0 Å². The van der Waals surface area contributed by atoms with Gasteiger partial charge < -0.3 is 5.32 Å². The zero-order chi connectivity index (χ0) is 17.4. The van der Waals surface area contributed by atoms with Gasteiger partial charge in [-0.15, -0.1) is 0 Å². The van der Waals surface area contributed by atoms with Crippen LogP contribution in [0.15, 0.2) is 47.6 Å². The maximum atomic E-state index is 13.2. The van der Waals surface area contributed by atoms with Gasteiger partial charge in [-0.25, -0.2) is 8.42 Å². The molecule has 0 spiro atoms. The number of aromatic nitrogens is 1. The highest BCUT2D eigenvalue weighted by Crippen LogP contribution is 2.37. The van der Waals surface area contributed by atoms with Gasteiger partial charge in [-0.2, -0.15) is 4.31 Å². The SMILES string of the molecule is O=C1CCc2cc(S(=O)(=O)N3CCCC3c3ccncc3)ccc2N1. The molecule has 1 fully saturated rings. The van der Waals surface area contributed by atoms with E-state index >= 15 is 0 Å². The molecule has 0 bridgehead atoms. The van der Waals surface area contributed by atoms with Crippen LogP contribution in [0.5, 0.6) is 0 Å². The Bertz CT molecular complexity index is 912. The molecule has 2 aromatic rings. The van der Waals surface area contributed by atoms with E-state index in [0.717, 1.165) is 24.0 Å². The van der Waals surface area contributed by atoms with Crippen molar-refractivity contribution in [2.75, 3.05) is 11.9 Å². The summed E-state index contributed by atoms with van der Waals surface area (Å²) < 4.78 is 28.0. The minimum atomic E-state index is -3.58. The first-order valence-corrected chi connectivity index (χ1v) is 9.84. The van der Waals surface area contributed by atoms with Gasteiger partial charge in [0.25, 0.3) is 0 Å². The van der Waals surface area contributed by atoms with E-state index in [2.05, 4.69) is 10.3 Å². The Kier molecular flexibility index (Phi) is 4.05. The number of nitrogens with one attached hydrogen (secondary N) is 1. The maximum absolute atomic E-state index is 13.2. The molecule has 1 amide bonds. The Hall–Kier alpha value is -2.25. The lowest BCUT2D eigenvalue weighted by Crippen LogP contribution is -2.31. The second kappa shape index (κ2) is 6.24. The first-order valence-electron chi connectivity index (χ1n) is 8.40. The summed E-state index contributed by atoms with van der Waals surface area (Å²) in [5.74, 6) is -0.0274. The van der Waals surface area contributed by atoms with E-state index in [9.17, 15) is 13.2 Å². The summed E-state index contributed by atoms with van der Waals surface area (Å²) in [6.45, 7) is 0.517. The summed E-state index contributed by atoms with van der Waals surface area (Å²) in [5, 5.41) is 2.79. The number of aryl methyl sites for hydroxylation is 1. The van der Waals surface area contributed by atoms with Crippen molar-refractivity contribution >= 4 is 21.6 Å². The van der Waals surface area contributed by atoms with E-state index in [-0.39, 0.29) is 11.9 Å². The molecule has 2 aliphatic heterocycles. The molecule has 25 heavy (non-hydrogen) atoms. The Morgan fingerprint density at radius 1 is 1.12 bits per heavy atom. The lowest BCUT2D eigenvalue weighted by Gasteiger charge is -2.25. The van der Waals surface area contributed by atoms with E-state index in [1.807, 2.05) is 12.1 Å². The summed E-state index contributed by atoms with van der Waals surface area (Å²) in [7, 11) is -3.58. The highest BCUT2D eigenvalue weighted by molar-refractivity contribution is 7.89. The van der Waals surface area contributed by atoms with Gasteiger partial charge in [0, 0.05) is 31.0 Å². The number of pyridine rings is 1. The van der Waals surface area contributed by atoms with E-state index in [0.29, 0.717) is 30.0 Å². The largest absolute Gasteiger partial charge is 0.326 e. The molecular weight excluding hydrogens is 338 g/mol. The van der Waals surface area contributed by atoms with E-state index < -0.39 is 10.0 Å². The number of anilines is 1. The number of carbonyl (C=O) groups is 1. The second-order valence-corrected chi connectivity index (χ2v) is 8.31. The number of sulfonamides is 1. The van der Waals surface area contributed by atoms with Gasteiger partial charge in [0.2, 0.25) is 15.9 Å². The van der Waals surface area contributed by atoms with Crippen LogP contribution in [-0.2, 0) is 21.2 Å². The number of hydrogen-bond acceptors (Lipinski definition) is 4. The number of fused-ring (bicyclic) bond motifs is 1. The molecule has 3 heterocycles. The first-order chi connectivity index (χ1) is 12.1. The van der Waals surface area contributed by atoms with Crippen LogP contribution in [0.3, 0.4) is 0 Å². The van der Waals surface area contributed by atoms with Crippen LogP contribution in [0, 0.1) is 0 Å². The fourth-order valence-electron chi connectivity index (χ4n) is 3.60. The van der Waals surface area contributed by atoms with Crippen LogP contribution in [0.2, 0.25) is 0 Å². The average molecular weight is 357 g/mol. The van der Waals surface area contributed by atoms with Crippen LogP contribution >= 0.6 is 0 Å². The zero-order valence-electron chi connectivity index (χ0n) is 13.7. The highest BCUT2D eigenvalue weighted by Gasteiger charge is 2.36. The van der Waals surface area contributed by atoms with Gasteiger partial charge in [0.1, 0.15) is 0 Å². The summed E-state index contributed by atoms with van der Waals surface area (Å²) >= 11 is 0. The van der Waals surface area contributed by atoms with Crippen LogP contribution < -0.4 is 5.32 Å². The molecule has 1 atom stereocenters. The van der Waals surface area contributed by atoms with Crippen LogP contribution in [-0.4, -0.2) is 30.2 Å². The molecule has 130 valence electrons. The van der Waals surface area contributed by atoms with E-state index in [1.54, 1.807) is 34.9 Å². The van der Waals surface area contributed by atoms with Crippen molar-refractivity contribution in [1.29, 1.82) is 0 Å². The van der Waals surface area contributed by atoms with Crippen LogP contribution in [0.4, 0.5) is 5.69 Å². The molecule has 0 aliphatic carbocycles. The molecule has 0 saturated carbocycles. The Morgan fingerprint density at radius 2 is 1.92 bits per heavy atom. The fourth-order valence-corrected chi connectivity index (χ4v) is 5.34. The van der Waals surface area contributed by atoms with Gasteiger partial charge >= 0.3 is 0 Å². The Labute approximate surface area is 146 Å². The molecule has 1 N–H and O–H groups in total. The molecule has 6 nitrogen and oxygen atoms in total. The molecule has 1 unspecified atom stereocenters. The molecule has 2 aliphatic rings. The lowest BCUT2D eigenvalue weighted by atomic mass is 10.0. The number of benzene rings is 1. The minimum absolute atomic E-state index is 0.0274. The molecule has 7 heteroatoms. The van der Waals surface area contributed by atoms with Gasteiger partial charge in [-0.05, 0) is 60.7 Å². The predicted octanol–water partition coefficient (Wildman–Crippen LogP) is 2.49. The molecule has 1 aromatic heterocycles. The van der Waals surface area contributed by atoms with Gasteiger partial charge in [0.15, 0.2) is 0 Å². The number of amides is 1. The molecule has 1 aromatic carbocycles. The smallest absolute Gasteiger partial charge is 0.243 e. The fraction of sp³-hybridized carbons (Fsp3) is 0.333. The van der Waals surface area contributed by atoms with Crippen molar-refractivity contribution in [3.05, 3.63) is 53.9 Å². The van der Waals surface area contributed by atoms with Crippen LogP contribution in [0.25, 0.3) is 0 Å². The van der Waals surface area contributed by atoms with Crippen molar-refractivity contribution in [2.45, 2.75) is 36.6 Å². The summed E-state index contributed by atoms with van der Waals surface area (Å²) in [5.41, 5.74) is 2.56. The molecule has 0 radical (unpaired) electrons. The lowest BCUT2D eigenvalue weighted by molar-refractivity contribution is -0.116. The standard InChI is InChI=1S/C18H19N3O3S/c22-18-6-3-14-12-15(4-5-16(14)20-18)25(23,24)21-11-1-2-17(21)13-7-9-19-10-8-13/h4-5,7-10,12,17H,1-3,6,11H2,(H,20,22). The molecule has 1 saturated heterocycles. The Morgan fingerprint density at radius 3 is 2.72 bits per heavy atom. The number of hydrogen-bond donors (Lipinski definition) is 1. The third-order valence-corrected chi connectivity index (χ3v) is 6.78. The van der Waals surface area contributed by atoms with Gasteiger partial charge in [-0.1, -0.05) is 0 Å². The number of carbonyl (C=O) groups excluding carboxylic acids is 1. The third kappa shape index (κ3) is 2.94. The van der Waals surface area contributed by atoms with Crippen molar-refractivity contribution in [1.82, 2.24) is 9.29 Å². The number of nitrogens with zero attached hydrogens (tertiary/aromatic N) is 2. The van der Waals surface area contributed by atoms with Crippen molar-refractivity contribution in [3.8, 4) is 0 Å². The molecule has 4 rings (SSSR count). The van der Waals surface area contributed by atoms with Crippen molar-refractivity contribution in [2.24, 2.45) is 0 Å². The Balaban J connectivity index is 1.68. The number of rotatable bonds is 3. The summed E-state index contributed by atoms with van der Waals surface area (Å²) in [6.07, 6.45) is 6.00. The van der Waals surface area contributed by atoms with Crippen molar-refractivity contribution < 1.29 is 13.2 Å². The second-order valence-electron chi connectivity index (χ2n) is 6.42. The van der Waals surface area contributed by atoms with Gasteiger partial charge in [-0.3, -0.25) is 9.78 Å². The topological polar surface area (TPSA) is 79.4 Å². The highest BCUT2D eigenvalue weighted by atomic mass is 32.2. The van der Waals surface area contributed by atoms with Crippen LogP contribution in [0.1, 0.15) is 36.4 Å². The maximum Gasteiger partial charge on any atom is 0.243 e. The normalized spacial score (nSPS) is 21.0.